The van der Waals surface area contributed by atoms with Gasteiger partial charge in [0.2, 0.25) is 0 Å². The average Bonchev–Trinajstić information content (AvgIpc) is 3.01. The molecule has 0 bridgehead atoms. The molecule has 6 nitrogen and oxygen atoms in total. The van der Waals surface area contributed by atoms with Gasteiger partial charge in [-0.1, -0.05) is 0 Å². The molecule has 0 atom stereocenters. The zero-order valence-electron chi connectivity index (χ0n) is 12.3. The van der Waals surface area contributed by atoms with Crippen molar-refractivity contribution in [3.8, 4) is 0 Å². The second-order valence-corrected chi connectivity index (χ2v) is 6.12. The van der Waals surface area contributed by atoms with Crippen molar-refractivity contribution in [2.24, 2.45) is 0 Å². The number of carbonyl (C=O) groups is 1. The third-order valence-electron chi connectivity index (χ3n) is 3.69. The standard InChI is InChI=1S/C15H17N3O3S/c1-21-8-7-18-14(19)3-2-12(16-18)15(20)17-6-4-13-11(10-17)5-9-22-13/h2-3,5,9H,4,6-8,10H2,1H3. The summed E-state index contributed by atoms with van der Waals surface area (Å²) < 4.78 is 6.23. The monoisotopic (exact) mass is 319 g/mol. The zero-order chi connectivity index (χ0) is 15.5. The third-order valence-corrected chi connectivity index (χ3v) is 4.71. The van der Waals surface area contributed by atoms with Gasteiger partial charge in [-0.05, 0) is 29.5 Å². The number of fused-ring (bicyclic) bond motifs is 1. The van der Waals surface area contributed by atoms with E-state index in [1.54, 1.807) is 23.3 Å². The van der Waals surface area contributed by atoms with Gasteiger partial charge in [0.05, 0.1) is 13.2 Å². The van der Waals surface area contributed by atoms with E-state index in [-0.39, 0.29) is 11.5 Å². The van der Waals surface area contributed by atoms with E-state index in [1.165, 1.54) is 27.3 Å². The Labute approximate surface area is 131 Å². The first kappa shape index (κ1) is 14.9. The Bertz CT molecular complexity index is 738. The smallest absolute Gasteiger partial charge is 0.274 e. The van der Waals surface area contributed by atoms with E-state index in [4.69, 9.17) is 4.74 Å². The van der Waals surface area contributed by atoms with Gasteiger partial charge >= 0.3 is 0 Å². The first-order chi connectivity index (χ1) is 10.7. The third kappa shape index (κ3) is 2.95. The molecule has 116 valence electrons. The fraction of sp³-hybridized carbons (Fsp3) is 0.400. The lowest BCUT2D eigenvalue weighted by molar-refractivity contribution is 0.0726. The van der Waals surface area contributed by atoms with Gasteiger partial charge in [0.1, 0.15) is 5.69 Å². The Kier molecular flexibility index (Phi) is 4.35. The van der Waals surface area contributed by atoms with Gasteiger partial charge in [-0.3, -0.25) is 9.59 Å². The number of methoxy groups -OCH3 is 1. The Balaban J connectivity index is 1.79. The number of ether oxygens (including phenoxy) is 1. The minimum absolute atomic E-state index is 0.136. The molecule has 0 aromatic carbocycles. The lowest BCUT2D eigenvalue weighted by atomic mass is 10.1. The molecule has 2 aromatic heterocycles. The second-order valence-electron chi connectivity index (χ2n) is 5.12. The first-order valence-electron chi connectivity index (χ1n) is 7.10. The van der Waals surface area contributed by atoms with Crippen LogP contribution in [0.3, 0.4) is 0 Å². The molecule has 22 heavy (non-hydrogen) atoms. The van der Waals surface area contributed by atoms with Crippen LogP contribution >= 0.6 is 11.3 Å². The molecule has 1 aliphatic rings. The molecule has 0 fully saturated rings. The number of thiophene rings is 1. The lowest BCUT2D eigenvalue weighted by Crippen LogP contribution is -2.37. The van der Waals surface area contributed by atoms with Crippen LogP contribution in [-0.2, 0) is 24.2 Å². The zero-order valence-corrected chi connectivity index (χ0v) is 13.1. The lowest BCUT2D eigenvalue weighted by Gasteiger charge is -2.26. The van der Waals surface area contributed by atoms with Crippen molar-refractivity contribution in [1.82, 2.24) is 14.7 Å². The van der Waals surface area contributed by atoms with Gasteiger partial charge in [-0.2, -0.15) is 5.10 Å². The molecule has 7 heteroatoms. The molecule has 0 unspecified atom stereocenters. The van der Waals surface area contributed by atoms with Crippen LogP contribution in [0.15, 0.2) is 28.4 Å². The quantitative estimate of drug-likeness (QED) is 0.848. The van der Waals surface area contributed by atoms with Crippen LogP contribution < -0.4 is 5.56 Å². The summed E-state index contributed by atoms with van der Waals surface area (Å²) in [6, 6.07) is 4.94. The van der Waals surface area contributed by atoms with Crippen LogP contribution in [0.1, 0.15) is 20.9 Å². The topological polar surface area (TPSA) is 64.4 Å². The SMILES string of the molecule is COCCn1nc(C(=O)N2CCc3sccc3C2)ccc1=O. The second kappa shape index (κ2) is 6.41. The highest BCUT2D eigenvalue weighted by Crippen LogP contribution is 2.24. The number of amides is 1. The fourth-order valence-electron chi connectivity index (χ4n) is 2.48. The van der Waals surface area contributed by atoms with Gasteiger partial charge < -0.3 is 9.64 Å². The van der Waals surface area contributed by atoms with Crippen molar-refractivity contribution >= 4 is 17.2 Å². The van der Waals surface area contributed by atoms with Gasteiger partial charge in [0.15, 0.2) is 0 Å². The van der Waals surface area contributed by atoms with Crippen molar-refractivity contribution in [3.63, 3.8) is 0 Å². The van der Waals surface area contributed by atoms with Crippen molar-refractivity contribution in [1.29, 1.82) is 0 Å². The number of aromatic nitrogens is 2. The summed E-state index contributed by atoms with van der Waals surface area (Å²) in [5.41, 5.74) is 1.28. The van der Waals surface area contributed by atoms with Crippen molar-refractivity contribution in [2.75, 3.05) is 20.3 Å². The van der Waals surface area contributed by atoms with Crippen LogP contribution in [0.4, 0.5) is 0 Å². The minimum atomic E-state index is -0.229. The maximum absolute atomic E-state index is 12.6. The summed E-state index contributed by atoms with van der Waals surface area (Å²) in [5.74, 6) is -0.136. The maximum Gasteiger partial charge on any atom is 0.274 e. The number of carbonyl (C=O) groups excluding carboxylic acids is 1. The molecule has 0 aliphatic carbocycles. The molecular weight excluding hydrogens is 302 g/mol. The highest BCUT2D eigenvalue weighted by atomic mass is 32.1. The van der Waals surface area contributed by atoms with Gasteiger partial charge in [-0.25, -0.2) is 4.68 Å². The maximum atomic E-state index is 12.6. The summed E-state index contributed by atoms with van der Waals surface area (Å²) in [6.45, 7) is 2.01. The summed E-state index contributed by atoms with van der Waals surface area (Å²) in [7, 11) is 1.56. The molecule has 3 rings (SSSR count). The Morgan fingerprint density at radius 1 is 1.41 bits per heavy atom. The largest absolute Gasteiger partial charge is 0.383 e. The Morgan fingerprint density at radius 3 is 3.09 bits per heavy atom. The molecule has 0 saturated heterocycles. The van der Waals surface area contributed by atoms with Crippen LogP contribution in [0.5, 0.6) is 0 Å². The van der Waals surface area contributed by atoms with E-state index in [0.717, 1.165) is 6.42 Å². The fourth-order valence-corrected chi connectivity index (χ4v) is 3.37. The van der Waals surface area contributed by atoms with Crippen LogP contribution in [-0.4, -0.2) is 40.8 Å². The van der Waals surface area contributed by atoms with Crippen LogP contribution in [0, 0.1) is 0 Å². The molecule has 2 aromatic rings. The summed E-state index contributed by atoms with van der Waals surface area (Å²) >= 11 is 1.74. The number of rotatable bonds is 4. The van der Waals surface area contributed by atoms with Crippen molar-refractivity contribution in [2.45, 2.75) is 19.5 Å². The van der Waals surface area contributed by atoms with E-state index in [1.807, 2.05) is 0 Å². The van der Waals surface area contributed by atoms with E-state index in [9.17, 15) is 9.59 Å². The van der Waals surface area contributed by atoms with Crippen molar-refractivity contribution < 1.29 is 9.53 Å². The van der Waals surface area contributed by atoms with Gasteiger partial charge in [0.25, 0.3) is 11.5 Å². The Hall–Kier alpha value is -1.99. The number of hydrogen-bond donors (Lipinski definition) is 0. The van der Waals surface area contributed by atoms with Gasteiger partial charge in [-0.15, -0.1) is 11.3 Å². The predicted octanol–water partition coefficient (Wildman–Crippen LogP) is 1.15. The number of hydrogen-bond acceptors (Lipinski definition) is 5. The molecule has 1 aliphatic heterocycles. The highest BCUT2D eigenvalue weighted by molar-refractivity contribution is 7.10. The Morgan fingerprint density at radius 2 is 2.27 bits per heavy atom. The summed E-state index contributed by atoms with van der Waals surface area (Å²) in [6.07, 6.45) is 0.877. The first-order valence-corrected chi connectivity index (χ1v) is 7.98. The van der Waals surface area contributed by atoms with E-state index in [0.29, 0.717) is 31.9 Å². The minimum Gasteiger partial charge on any atom is -0.383 e. The molecule has 1 amide bonds. The van der Waals surface area contributed by atoms with Gasteiger partial charge in [0, 0.05) is 31.1 Å². The summed E-state index contributed by atoms with van der Waals surface area (Å²) in [4.78, 5) is 27.4. The van der Waals surface area contributed by atoms with Crippen LogP contribution in [0.2, 0.25) is 0 Å². The molecule has 3 heterocycles. The average molecular weight is 319 g/mol. The predicted molar refractivity (Wildman–Crippen MR) is 83.1 cm³/mol. The van der Waals surface area contributed by atoms with E-state index in [2.05, 4.69) is 16.5 Å². The van der Waals surface area contributed by atoms with Crippen molar-refractivity contribution in [3.05, 3.63) is 50.1 Å². The molecule has 0 N–H and O–H groups in total. The molecule has 0 radical (unpaired) electrons. The van der Waals surface area contributed by atoms with E-state index < -0.39 is 0 Å². The highest BCUT2D eigenvalue weighted by Gasteiger charge is 2.23. The molecular formula is C15H17N3O3S. The van der Waals surface area contributed by atoms with Crippen LogP contribution in [0.25, 0.3) is 0 Å². The normalized spacial score (nSPS) is 14.0. The molecule has 0 spiro atoms. The van der Waals surface area contributed by atoms with E-state index >= 15 is 0 Å². The summed E-state index contributed by atoms with van der Waals surface area (Å²) in [5, 5.41) is 6.22. The number of nitrogens with zero attached hydrogens (tertiary/aromatic N) is 3. The molecule has 0 saturated carbocycles.